The summed E-state index contributed by atoms with van der Waals surface area (Å²) in [6.07, 6.45) is 5.76. The average molecular weight is 105 g/mol. The minimum absolute atomic E-state index is 0. The second-order valence-electron chi connectivity index (χ2n) is 0. The van der Waals surface area contributed by atoms with E-state index in [1.165, 1.54) is 6.40 Å². The van der Waals surface area contributed by atoms with Crippen molar-refractivity contribution in [2.45, 2.75) is 36.1 Å². The van der Waals surface area contributed by atoms with E-state index in [0.29, 0.717) is 0 Å². The molecule has 0 aromatic rings. The summed E-state index contributed by atoms with van der Waals surface area (Å²) in [6.45, 7) is 4.00. The molecule has 0 rings (SSSR count). The molecule has 0 heteroatoms. The molecule has 0 saturated carbocycles. The van der Waals surface area contributed by atoms with Gasteiger partial charge in [-0.2, -0.15) is 0 Å². The van der Waals surface area contributed by atoms with Crippen LogP contribution in [0.3, 0.4) is 0 Å². The van der Waals surface area contributed by atoms with Crippen LogP contribution in [0.4, 0.5) is 0 Å². The van der Waals surface area contributed by atoms with Gasteiger partial charge in [0.1, 0.15) is 1.37 Å². The van der Waals surface area contributed by atoms with E-state index in [1.807, 2.05) is 13.8 Å². The van der Waals surface area contributed by atoms with Crippen LogP contribution in [-0.2, 0) is 0 Å². The van der Waals surface area contributed by atoms with Gasteiger partial charge < -0.3 is 0 Å². The Morgan fingerprint density at radius 2 is 1.14 bits per heavy atom. The molecule has 0 radical (unpaired) electrons. The van der Waals surface area contributed by atoms with Crippen molar-refractivity contribution >= 4 is 0 Å². The summed E-state index contributed by atoms with van der Waals surface area (Å²) in [5.74, 6) is 0. The Hall–Kier alpha value is -0.440. The standard InChI is InChI=1S/C2H6.C2H2.3CH4/c2*1-2;;;/h1-2H3;1-2H;3*1H4/i;1D;;;. The predicted molar refractivity (Wildman–Crippen MR) is 41.4 cm³/mol. The first-order valence-electron chi connectivity index (χ1n) is 1.79. The molecule has 0 aromatic carbocycles. The third-order valence-electron chi connectivity index (χ3n) is 0. The maximum atomic E-state index is 5.74. The quantitative estimate of drug-likeness (QED) is 0.415. The molecule has 7 heavy (non-hydrogen) atoms. The zero-order valence-electron chi connectivity index (χ0n) is 4.08. The molecule has 0 aliphatic carbocycles. The summed E-state index contributed by atoms with van der Waals surface area (Å²) in [5, 5.41) is 0. The van der Waals surface area contributed by atoms with E-state index in [9.17, 15) is 0 Å². The summed E-state index contributed by atoms with van der Waals surface area (Å²) in [4.78, 5) is 0. The second kappa shape index (κ2) is 597. The summed E-state index contributed by atoms with van der Waals surface area (Å²) in [5.41, 5.74) is 0. The van der Waals surface area contributed by atoms with Gasteiger partial charge in [0.2, 0.25) is 0 Å². The maximum Gasteiger partial charge on any atom is 0.124 e. The molecule has 0 saturated heterocycles. The second-order valence-corrected chi connectivity index (χ2v) is 0. The zero-order chi connectivity index (χ0) is 4.71. The fourth-order valence-electron chi connectivity index (χ4n) is 0. The SMILES string of the molecule is C.C.C.CC.[2H]C#C. The van der Waals surface area contributed by atoms with Gasteiger partial charge in [0, 0.05) is 0 Å². The number of terminal acetylenes is 1. The van der Waals surface area contributed by atoms with E-state index in [2.05, 4.69) is 6.42 Å². The number of hydrogen-bond acceptors (Lipinski definition) is 0. The lowest BCUT2D eigenvalue weighted by molar-refractivity contribution is 1.50. The van der Waals surface area contributed by atoms with Crippen molar-refractivity contribution in [1.82, 2.24) is 0 Å². The first-order valence-corrected chi connectivity index (χ1v) is 1.29. The van der Waals surface area contributed by atoms with Gasteiger partial charge in [-0.15, -0.1) is 12.8 Å². The fourth-order valence-corrected chi connectivity index (χ4v) is 0. The highest BCUT2D eigenvalue weighted by atomic mass is 13.0. The topological polar surface area (TPSA) is 0 Å². The van der Waals surface area contributed by atoms with Gasteiger partial charge in [0.25, 0.3) is 0 Å². The Morgan fingerprint density at radius 3 is 1.14 bits per heavy atom. The Morgan fingerprint density at radius 1 is 1.14 bits per heavy atom. The Bertz CT molecular complexity index is 25.9. The largest absolute Gasteiger partial charge is 0.124 e. The Kier molecular flexibility index (Phi) is 2640. The first-order chi connectivity index (χ1) is 2.41. The molecule has 0 atom stereocenters. The fraction of sp³-hybridized carbons (Fsp3) is 0.714. The van der Waals surface area contributed by atoms with Gasteiger partial charge >= 0.3 is 0 Å². The third-order valence-corrected chi connectivity index (χ3v) is 0. The van der Waals surface area contributed by atoms with Crippen molar-refractivity contribution in [3.8, 4) is 12.8 Å². The lowest BCUT2D eigenvalue weighted by atomic mass is 11.0. The lowest BCUT2D eigenvalue weighted by Gasteiger charge is -1.07. The van der Waals surface area contributed by atoms with E-state index < -0.39 is 0 Å². The molecule has 0 N–H and O–H groups in total. The Balaban J connectivity index is -0.00000000567. The van der Waals surface area contributed by atoms with E-state index in [4.69, 9.17) is 1.37 Å². The molecule has 0 nitrogen and oxygen atoms in total. The van der Waals surface area contributed by atoms with Crippen LogP contribution in [0.1, 0.15) is 37.5 Å². The van der Waals surface area contributed by atoms with Gasteiger partial charge in [0.05, 0.1) is 0 Å². The molecule has 48 valence electrons. The monoisotopic (exact) mass is 105 g/mol. The molecule has 0 aliphatic rings. The van der Waals surface area contributed by atoms with Crippen LogP contribution in [0.5, 0.6) is 0 Å². The molecule has 0 aromatic heterocycles. The van der Waals surface area contributed by atoms with E-state index >= 15 is 0 Å². The van der Waals surface area contributed by atoms with E-state index in [-0.39, 0.29) is 22.3 Å². The highest BCUT2D eigenvalue weighted by Gasteiger charge is 0.932. The van der Waals surface area contributed by atoms with E-state index in [0.717, 1.165) is 0 Å². The summed E-state index contributed by atoms with van der Waals surface area (Å²) in [7, 11) is 0. The molecule has 0 heterocycles. The minimum Gasteiger partial charge on any atom is -0.124 e. The molecular formula is C7H20. The van der Waals surface area contributed by atoms with Gasteiger partial charge in [-0.05, 0) is 0 Å². The van der Waals surface area contributed by atoms with Crippen molar-refractivity contribution in [3.63, 3.8) is 0 Å². The maximum absolute atomic E-state index is 5.74. The molecule has 0 amide bonds. The predicted octanol–water partition coefficient (Wildman–Crippen LogP) is 3.18. The van der Waals surface area contributed by atoms with Crippen LogP contribution in [0.25, 0.3) is 0 Å². The van der Waals surface area contributed by atoms with Gasteiger partial charge in [-0.3, -0.25) is 0 Å². The molecule has 0 unspecified atom stereocenters. The molecule has 0 fully saturated rings. The van der Waals surface area contributed by atoms with Crippen molar-refractivity contribution < 1.29 is 1.37 Å². The molecule has 0 aliphatic heterocycles. The van der Waals surface area contributed by atoms with Gasteiger partial charge in [-0.25, -0.2) is 0 Å². The van der Waals surface area contributed by atoms with Crippen LogP contribution in [0.2, 0.25) is 0 Å². The third kappa shape index (κ3) is 364. The molecule has 0 spiro atoms. The number of hydrogen-bond donors (Lipinski definition) is 0. The van der Waals surface area contributed by atoms with Crippen molar-refractivity contribution in [3.05, 3.63) is 0 Å². The highest BCUT2D eigenvalue weighted by Crippen LogP contribution is 1.14. The van der Waals surface area contributed by atoms with E-state index in [1.54, 1.807) is 0 Å². The Labute approximate surface area is 51.4 Å². The van der Waals surface area contributed by atoms with Crippen molar-refractivity contribution in [2.75, 3.05) is 0 Å². The summed E-state index contributed by atoms with van der Waals surface area (Å²) >= 11 is 0. The van der Waals surface area contributed by atoms with Crippen LogP contribution in [-0.4, -0.2) is 0 Å². The van der Waals surface area contributed by atoms with Gasteiger partial charge in [-0.1, -0.05) is 36.1 Å². The van der Waals surface area contributed by atoms with Crippen molar-refractivity contribution in [2.24, 2.45) is 0 Å². The normalized spacial score (nSPS) is 2.14. The van der Waals surface area contributed by atoms with Crippen LogP contribution in [0.15, 0.2) is 0 Å². The highest BCUT2D eigenvalue weighted by molar-refractivity contribution is 4.47. The van der Waals surface area contributed by atoms with Crippen LogP contribution < -0.4 is 0 Å². The lowest BCUT2D eigenvalue weighted by Crippen LogP contribution is -0.856. The molecular weight excluding hydrogens is 84.1 g/mol. The summed E-state index contributed by atoms with van der Waals surface area (Å²) < 4.78 is 5.74. The van der Waals surface area contributed by atoms with Crippen LogP contribution in [0, 0.1) is 12.8 Å². The first kappa shape index (κ1) is 30.9. The number of rotatable bonds is 0. The minimum atomic E-state index is 0. The summed E-state index contributed by atoms with van der Waals surface area (Å²) in [6, 6.07) is 0. The smallest absolute Gasteiger partial charge is 0.124 e. The van der Waals surface area contributed by atoms with Gasteiger partial charge in [0.15, 0.2) is 0 Å². The zero-order valence-corrected chi connectivity index (χ0v) is 3.08. The average Bonchev–Trinajstić information content (AvgIpc) is 1.46. The molecule has 0 bridgehead atoms. The van der Waals surface area contributed by atoms with Crippen LogP contribution >= 0.6 is 0 Å². The van der Waals surface area contributed by atoms with Crippen molar-refractivity contribution in [1.29, 1.82) is 0 Å².